The van der Waals surface area contributed by atoms with Crippen molar-refractivity contribution in [2.45, 2.75) is 0 Å². The van der Waals surface area contributed by atoms with E-state index >= 15 is 0 Å². The highest BCUT2D eigenvalue weighted by atomic mass is 79.9. The summed E-state index contributed by atoms with van der Waals surface area (Å²) in [5.74, 6) is 0.352. The summed E-state index contributed by atoms with van der Waals surface area (Å²) in [6.45, 7) is 0. The Hall–Kier alpha value is -4.15. The molecule has 154 valence electrons. The highest BCUT2D eigenvalue weighted by Gasteiger charge is 2.13. The molecular formula is C25H16BrN5O. The van der Waals surface area contributed by atoms with Gasteiger partial charge in [0.25, 0.3) is 5.91 Å². The van der Waals surface area contributed by atoms with Crippen LogP contribution in [-0.2, 0) is 0 Å². The maximum Gasteiger partial charge on any atom is 0.272 e. The van der Waals surface area contributed by atoms with Gasteiger partial charge in [-0.1, -0.05) is 46.3 Å². The molecule has 0 saturated carbocycles. The van der Waals surface area contributed by atoms with Crippen molar-refractivity contribution in [2.24, 2.45) is 0 Å². The number of H-pyrrole nitrogens is 1. The van der Waals surface area contributed by atoms with Gasteiger partial charge in [0.2, 0.25) is 0 Å². The largest absolute Gasteiger partial charge is 0.351 e. The van der Waals surface area contributed by atoms with E-state index in [0.29, 0.717) is 22.8 Å². The monoisotopic (exact) mass is 481 g/mol. The van der Waals surface area contributed by atoms with E-state index in [1.54, 1.807) is 12.3 Å². The topological polar surface area (TPSA) is 93.6 Å². The zero-order valence-corrected chi connectivity index (χ0v) is 18.3. The maximum atomic E-state index is 12.8. The number of pyridine rings is 1. The molecule has 0 aliphatic heterocycles. The summed E-state index contributed by atoms with van der Waals surface area (Å²) in [6, 6.07) is 24.9. The van der Waals surface area contributed by atoms with Crippen LogP contribution in [0.25, 0.3) is 21.7 Å². The van der Waals surface area contributed by atoms with Crippen LogP contribution in [0.15, 0.2) is 83.5 Å². The third-order valence-corrected chi connectivity index (χ3v) is 5.62. The summed E-state index contributed by atoms with van der Waals surface area (Å²) in [5, 5.41) is 18.2. The van der Waals surface area contributed by atoms with E-state index in [0.717, 1.165) is 31.8 Å². The van der Waals surface area contributed by atoms with Crippen molar-refractivity contribution in [1.29, 1.82) is 5.26 Å². The number of nitrogens with zero attached hydrogens (tertiary/aromatic N) is 2. The average Bonchev–Trinajstić information content (AvgIpc) is 3.24. The molecular weight excluding hydrogens is 466 g/mol. The van der Waals surface area contributed by atoms with Gasteiger partial charge in [0.05, 0.1) is 5.56 Å². The molecule has 32 heavy (non-hydrogen) atoms. The molecule has 0 bridgehead atoms. The number of hydrogen-bond acceptors (Lipinski definition) is 4. The summed E-state index contributed by atoms with van der Waals surface area (Å²) in [6.07, 6.45) is 1.55. The Morgan fingerprint density at radius 2 is 1.84 bits per heavy atom. The number of nitrogens with one attached hydrogen (secondary N) is 3. The van der Waals surface area contributed by atoms with Crippen LogP contribution in [0, 0.1) is 11.3 Å². The molecule has 3 aromatic carbocycles. The minimum absolute atomic E-state index is 0.244. The third kappa shape index (κ3) is 3.80. The predicted octanol–water partition coefficient (Wildman–Crippen LogP) is 6.35. The number of hydrogen-bond donors (Lipinski definition) is 3. The zero-order chi connectivity index (χ0) is 22.1. The highest BCUT2D eigenvalue weighted by molar-refractivity contribution is 9.10. The Labute approximate surface area is 192 Å². The predicted molar refractivity (Wildman–Crippen MR) is 130 cm³/mol. The lowest BCUT2D eigenvalue weighted by molar-refractivity contribution is 0.102. The first-order chi connectivity index (χ1) is 15.6. The number of aromatic nitrogens is 2. The maximum absolute atomic E-state index is 12.8. The number of carbonyl (C=O) groups excluding carboxylic acids is 1. The Balaban J connectivity index is 1.51. The number of halogens is 1. The van der Waals surface area contributed by atoms with Crippen molar-refractivity contribution in [3.05, 3.63) is 94.7 Å². The van der Waals surface area contributed by atoms with Crippen LogP contribution in [0.2, 0.25) is 0 Å². The number of nitriles is 1. The van der Waals surface area contributed by atoms with Gasteiger partial charge in [-0.15, -0.1) is 0 Å². The molecule has 0 saturated heterocycles. The second-order valence-electron chi connectivity index (χ2n) is 7.25. The van der Waals surface area contributed by atoms with Gasteiger partial charge in [0.1, 0.15) is 17.6 Å². The fourth-order valence-electron chi connectivity index (χ4n) is 3.61. The molecule has 5 aromatic rings. The van der Waals surface area contributed by atoms with E-state index in [-0.39, 0.29) is 5.91 Å². The van der Waals surface area contributed by atoms with Crippen molar-refractivity contribution >= 4 is 60.7 Å². The second-order valence-corrected chi connectivity index (χ2v) is 8.17. The van der Waals surface area contributed by atoms with Gasteiger partial charge in [-0.3, -0.25) is 4.79 Å². The highest BCUT2D eigenvalue weighted by Crippen LogP contribution is 2.30. The lowest BCUT2D eigenvalue weighted by Gasteiger charge is -2.12. The summed E-state index contributed by atoms with van der Waals surface area (Å²) in [7, 11) is 0. The molecule has 2 heterocycles. The first-order valence-electron chi connectivity index (χ1n) is 9.85. The SMILES string of the molecule is N#Cc1cnc(Nc2cccc(Br)c2)c2cc(NC(=O)c3cc4ccccc4[nH]3)ccc12. The van der Waals surface area contributed by atoms with E-state index in [1.807, 2.05) is 66.7 Å². The number of benzene rings is 3. The molecule has 3 N–H and O–H groups in total. The normalized spacial score (nSPS) is 10.8. The van der Waals surface area contributed by atoms with Crippen LogP contribution in [0.3, 0.4) is 0 Å². The zero-order valence-electron chi connectivity index (χ0n) is 16.7. The Morgan fingerprint density at radius 3 is 2.66 bits per heavy atom. The van der Waals surface area contributed by atoms with E-state index in [4.69, 9.17) is 0 Å². The molecule has 5 rings (SSSR count). The van der Waals surface area contributed by atoms with Gasteiger partial charge in [-0.2, -0.15) is 5.26 Å². The van der Waals surface area contributed by atoms with E-state index in [1.165, 1.54) is 0 Å². The Morgan fingerprint density at radius 1 is 0.969 bits per heavy atom. The first-order valence-corrected chi connectivity index (χ1v) is 10.6. The van der Waals surface area contributed by atoms with Gasteiger partial charge in [-0.05, 0) is 42.5 Å². The molecule has 7 heteroatoms. The summed E-state index contributed by atoms with van der Waals surface area (Å²) in [4.78, 5) is 20.4. The average molecular weight is 482 g/mol. The van der Waals surface area contributed by atoms with Gasteiger partial charge in [0.15, 0.2) is 0 Å². The molecule has 1 amide bonds. The molecule has 0 radical (unpaired) electrons. The van der Waals surface area contributed by atoms with Gasteiger partial charge in [0, 0.05) is 43.7 Å². The van der Waals surface area contributed by atoms with Crippen molar-refractivity contribution in [3.8, 4) is 6.07 Å². The van der Waals surface area contributed by atoms with Gasteiger partial charge < -0.3 is 15.6 Å². The van der Waals surface area contributed by atoms with Crippen LogP contribution in [-0.4, -0.2) is 15.9 Å². The van der Waals surface area contributed by atoms with E-state index < -0.39 is 0 Å². The molecule has 0 spiro atoms. The second kappa shape index (κ2) is 8.17. The van der Waals surface area contributed by atoms with Gasteiger partial charge in [-0.25, -0.2) is 4.98 Å². The number of carbonyl (C=O) groups is 1. The number of fused-ring (bicyclic) bond motifs is 2. The molecule has 2 aromatic heterocycles. The van der Waals surface area contributed by atoms with Crippen LogP contribution < -0.4 is 10.6 Å². The molecule has 0 aliphatic carbocycles. The summed E-state index contributed by atoms with van der Waals surface area (Å²) < 4.78 is 0.937. The van der Waals surface area contributed by atoms with Crippen molar-refractivity contribution in [3.63, 3.8) is 0 Å². The fraction of sp³-hybridized carbons (Fsp3) is 0. The lowest BCUT2D eigenvalue weighted by atomic mass is 10.1. The smallest absolute Gasteiger partial charge is 0.272 e. The molecule has 0 aliphatic rings. The molecule has 6 nitrogen and oxygen atoms in total. The van der Waals surface area contributed by atoms with Crippen molar-refractivity contribution in [1.82, 2.24) is 9.97 Å². The van der Waals surface area contributed by atoms with E-state index in [2.05, 4.69) is 42.6 Å². The standard InChI is InChI=1S/C25H16BrN5O/c26-17-5-3-6-18(11-17)29-24-21-12-19(8-9-20(21)16(13-27)14-28-24)30-25(32)23-10-15-4-1-2-7-22(15)31-23/h1-12,14,31H,(H,28,29)(H,30,32). The molecule has 0 atom stereocenters. The number of anilines is 3. The Kier molecular flexibility index (Phi) is 5.06. The quantitative estimate of drug-likeness (QED) is 0.278. The third-order valence-electron chi connectivity index (χ3n) is 5.13. The van der Waals surface area contributed by atoms with Crippen molar-refractivity contribution < 1.29 is 4.79 Å². The fourth-order valence-corrected chi connectivity index (χ4v) is 4.01. The van der Waals surface area contributed by atoms with Crippen LogP contribution >= 0.6 is 15.9 Å². The number of rotatable bonds is 4. The number of para-hydroxylation sites is 1. The number of aromatic amines is 1. The summed E-state index contributed by atoms with van der Waals surface area (Å²) >= 11 is 3.47. The van der Waals surface area contributed by atoms with Crippen LogP contribution in [0.5, 0.6) is 0 Å². The lowest BCUT2D eigenvalue weighted by Crippen LogP contribution is -2.12. The first kappa shape index (κ1) is 19.8. The molecule has 0 unspecified atom stereocenters. The Bertz CT molecular complexity index is 1500. The minimum Gasteiger partial charge on any atom is -0.351 e. The van der Waals surface area contributed by atoms with Crippen molar-refractivity contribution in [2.75, 3.05) is 10.6 Å². The van der Waals surface area contributed by atoms with E-state index in [9.17, 15) is 10.1 Å². The molecule has 0 fully saturated rings. The van der Waals surface area contributed by atoms with Crippen LogP contribution in [0.4, 0.5) is 17.2 Å². The summed E-state index contributed by atoms with van der Waals surface area (Å²) in [5.41, 5.74) is 3.30. The number of amides is 1. The van der Waals surface area contributed by atoms with Gasteiger partial charge >= 0.3 is 0 Å². The van der Waals surface area contributed by atoms with Crippen LogP contribution in [0.1, 0.15) is 16.1 Å². The minimum atomic E-state index is -0.244.